The molecule has 0 bridgehead atoms. The minimum absolute atomic E-state index is 0.524. The number of hydrogen-bond acceptors (Lipinski definition) is 5. The van der Waals surface area contributed by atoms with E-state index in [9.17, 15) is 0 Å². The van der Waals surface area contributed by atoms with Crippen LogP contribution >= 0.6 is 0 Å². The molecule has 0 aliphatic rings. The van der Waals surface area contributed by atoms with E-state index >= 15 is 0 Å². The molecule has 0 saturated heterocycles. The minimum atomic E-state index is 0.524. The summed E-state index contributed by atoms with van der Waals surface area (Å²) in [5, 5.41) is 8.71. The number of para-hydroxylation sites is 5. The Morgan fingerprint density at radius 1 is 0.312 bits per heavy atom. The number of hydrogen-bond donors (Lipinski definition) is 0. The summed E-state index contributed by atoms with van der Waals surface area (Å²) in [5.74, 6) is 1.61. The highest BCUT2D eigenvalue weighted by Crippen LogP contribution is 2.41. The van der Waals surface area contributed by atoms with Crippen molar-refractivity contribution in [2.75, 3.05) is 0 Å². The van der Waals surface area contributed by atoms with Crippen LogP contribution in [0.4, 0.5) is 0 Å². The molecule has 298 valence electrons. The van der Waals surface area contributed by atoms with Gasteiger partial charge < -0.3 is 13.4 Å². The summed E-state index contributed by atoms with van der Waals surface area (Å²) in [5.41, 5.74) is 12.6. The minimum Gasteiger partial charge on any atom is -0.456 e. The summed E-state index contributed by atoms with van der Waals surface area (Å²) in [6, 6.07) is 69.8. The Balaban J connectivity index is 0.985. The first kappa shape index (κ1) is 34.9. The van der Waals surface area contributed by atoms with E-state index in [1.807, 2.05) is 36.4 Å². The number of furan rings is 2. The van der Waals surface area contributed by atoms with E-state index in [2.05, 4.69) is 173 Å². The predicted molar refractivity (Wildman–Crippen MR) is 259 cm³/mol. The first-order valence-electron chi connectivity index (χ1n) is 21.4. The molecule has 9 aromatic carbocycles. The van der Waals surface area contributed by atoms with E-state index in [4.69, 9.17) is 23.8 Å². The summed E-state index contributed by atoms with van der Waals surface area (Å²) in [6.07, 6.45) is 0. The maximum Gasteiger partial charge on any atom is 0.238 e. The largest absolute Gasteiger partial charge is 0.456 e. The van der Waals surface area contributed by atoms with Gasteiger partial charge in [-0.25, -0.2) is 4.98 Å². The SMILES string of the molecule is c1ccc(-n2c3ccccc3c3cc(-c4ccc5oc6cccc(-c7nc(-c8ccc9c(c8)oc8ccccc89)nc(-n8c9ccccc9c9ccccc98)n7)c6c5c4)ccc32)cc1. The van der Waals surface area contributed by atoms with Crippen molar-refractivity contribution in [1.82, 2.24) is 24.1 Å². The monoisotopic (exact) mass is 819 g/mol. The van der Waals surface area contributed by atoms with Gasteiger partial charge >= 0.3 is 0 Å². The van der Waals surface area contributed by atoms with E-state index in [1.165, 1.54) is 16.3 Å². The van der Waals surface area contributed by atoms with Gasteiger partial charge in [0.25, 0.3) is 0 Å². The molecule has 0 atom stereocenters. The average molecular weight is 820 g/mol. The smallest absolute Gasteiger partial charge is 0.238 e. The summed E-state index contributed by atoms with van der Waals surface area (Å²) in [4.78, 5) is 15.9. The van der Waals surface area contributed by atoms with Gasteiger partial charge in [0, 0.05) is 59.9 Å². The van der Waals surface area contributed by atoms with E-state index in [0.717, 1.165) is 99.1 Å². The van der Waals surface area contributed by atoms with Crippen molar-refractivity contribution in [1.29, 1.82) is 0 Å². The molecular formula is C57H33N5O2. The Bertz CT molecular complexity index is 4160. The van der Waals surface area contributed by atoms with Gasteiger partial charge in [-0.15, -0.1) is 0 Å². The zero-order valence-electron chi connectivity index (χ0n) is 34.1. The fraction of sp³-hybridized carbons (Fsp3) is 0. The van der Waals surface area contributed by atoms with Crippen molar-refractivity contribution in [2.24, 2.45) is 0 Å². The van der Waals surface area contributed by atoms with Crippen LogP contribution in [-0.4, -0.2) is 24.1 Å². The quantitative estimate of drug-likeness (QED) is 0.173. The van der Waals surface area contributed by atoms with Crippen molar-refractivity contribution in [3.05, 3.63) is 200 Å². The van der Waals surface area contributed by atoms with Gasteiger partial charge in [-0.05, 0) is 90.0 Å². The lowest BCUT2D eigenvalue weighted by Crippen LogP contribution is -2.06. The number of benzene rings is 9. The van der Waals surface area contributed by atoms with Gasteiger partial charge in [0.2, 0.25) is 5.95 Å². The van der Waals surface area contributed by atoms with E-state index < -0.39 is 0 Å². The molecule has 0 radical (unpaired) electrons. The Kier molecular flexibility index (Phi) is 7.27. The van der Waals surface area contributed by atoms with Crippen LogP contribution < -0.4 is 0 Å². The standard InChI is InChI=1S/C57H33N5O2/c1-2-13-37(14-3-1)61-46-20-8-6-17-40(46)44-31-34(26-29-49(44)61)35-27-30-51-45(32-35)54-43(19-12-24-52(54)63-51)56-58-55(36-25-28-42-41-18-7-11-23-50(41)64-53(42)33-36)59-57(60-56)62-47-21-9-4-15-38(47)39-16-5-10-22-48(39)62/h1-33H. The Hall–Kier alpha value is -8.81. The maximum absolute atomic E-state index is 6.60. The van der Waals surface area contributed by atoms with Gasteiger partial charge in [0.15, 0.2) is 11.6 Å². The summed E-state index contributed by atoms with van der Waals surface area (Å²) >= 11 is 0. The fourth-order valence-corrected chi connectivity index (χ4v) is 9.92. The molecule has 7 nitrogen and oxygen atoms in total. The number of rotatable bonds is 5. The molecule has 0 N–H and O–H groups in total. The molecule has 14 aromatic rings. The molecule has 0 spiro atoms. The van der Waals surface area contributed by atoms with Crippen LogP contribution in [0, 0.1) is 0 Å². The van der Waals surface area contributed by atoms with Gasteiger partial charge in [0.05, 0.1) is 22.1 Å². The molecule has 0 saturated carbocycles. The van der Waals surface area contributed by atoms with Gasteiger partial charge in [-0.1, -0.05) is 121 Å². The predicted octanol–water partition coefficient (Wildman–Crippen LogP) is 14.9. The highest BCUT2D eigenvalue weighted by Gasteiger charge is 2.22. The molecule has 0 fully saturated rings. The van der Waals surface area contributed by atoms with E-state index in [0.29, 0.717) is 17.6 Å². The molecule has 5 heterocycles. The van der Waals surface area contributed by atoms with Crippen molar-refractivity contribution in [2.45, 2.75) is 0 Å². The maximum atomic E-state index is 6.60. The normalized spacial score (nSPS) is 12.1. The van der Waals surface area contributed by atoms with Crippen molar-refractivity contribution in [3.8, 4) is 45.5 Å². The van der Waals surface area contributed by atoms with Crippen LogP contribution in [-0.2, 0) is 0 Å². The third-order valence-electron chi connectivity index (χ3n) is 12.8. The Morgan fingerprint density at radius 3 is 1.64 bits per heavy atom. The molecule has 0 amide bonds. The first-order chi connectivity index (χ1) is 31.7. The van der Waals surface area contributed by atoms with Gasteiger partial charge in [0.1, 0.15) is 22.3 Å². The van der Waals surface area contributed by atoms with Crippen molar-refractivity contribution >= 4 is 87.5 Å². The number of nitrogens with zero attached hydrogens (tertiary/aromatic N) is 5. The molecule has 0 unspecified atom stereocenters. The molecule has 64 heavy (non-hydrogen) atoms. The summed E-state index contributed by atoms with van der Waals surface area (Å²) < 4.78 is 17.5. The molecule has 5 aromatic heterocycles. The van der Waals surface area contributed by atoms with E-state index in [1.54, 1.807) is 0 Å². The highest BCUT2D eigenvalue weighted by molar-refractivity contribution is 6.14. The molecule has 0 aliphatic heterocycles. The second-order valence-corrected chi connectivity index (χ2v) is 16.4. The summed E-state index contributed by atoms with van der Waals surface area (Å²) in [6.45, 7) is 0. The summed E-state index contributed by atoms with van der Waals surface area (Å²) in [7, 11) is 0. The van der Waals surface area contributed by atoms with Crippen LogP contribution in [0.15, 0.2) is 209 Å². The lowest BCUT2D eigenvalue weighted by Gasteiger charge is -2.11. The van der Waals surface area contributed by atoms with Crippen LogP contribution in [0.1, 0.15) is 0 Å². The van der Waals surface area contributed by atoms with Gasteiger partial charge in [-0.3, -0.25) is 4.57 Å². The lowest BCUT2D eigenvalue weighted by atomic mass is 9.99. The van der Waals surface area contributed by atoms with Crippen LogP contribution in [0.25, 0.3) is 133 Å². The van der Waals surface area contributed by atoms with Crippen LogP contribution in [0.5, 0.6) is 0 Å². The molecular weight excluding hydrogens is 787 g/mol. The third-order valence-corrected chi connectivity index (χ3v) is 12.8. The molecule has 0 aliphatic carbocycles. The number of aromatic nitrogens is 5. The van der Waals surface area contributed by atoms with Gasteiger partial charge in [-0.2, -0.15) is 9.97 Å². The number of fused-ring (bicyclic) bond motifs is 12. The van der Waals surface area contributed by atoms with Crippen molar-refractivity contribution < 1.29 is 8.83 Å². The lowest BCUT2D eigenvalue weighted by molar-refractivity contribution is 0.668. The zero-order valence-corrected chi connectivity index (χ0v) is 34.1. The second-order valence-electron chi connectivity index (χ2n) is 16.4. The zero-order chi connectivity index (χ0) is 41.9. The Morgan fingerprint density at radius 2 is 0.859 bits per heavy atom. The third kappa shape index (κ3) is 5.12. The van der Waals surface area contributed by atoms with Crippen LogP contribution in [0.3, 0.4) is 0 Å². The average Bonchev–Trinajstić information content (AvgIpc) is 4.11. The Labute approximate surface area is 364 Å². The second kappa shape index (κ2) is 13.3. The van der Waals surface area contributed by atoms with Crippen molar-refractivity contribution in [3.63, 3.8) is 0 Å². The highest BCUT2D eigenvalue weighted by atomic mass is 16.3. The molecule has 7 heteroatoms. The molecule has 14 rings (SSSR count). The topological polar surface area (TPSA) is 74.8 Å². The fourth-order valence-electron chi connectivity index (χ4n) is 9.92. The van der Waals surface area contributed by atoms with Crippen LogP contribution in [0.2, 0.25) is 0 Å². The first-order valence-corrected chi connectivity index (χ1v) is 21.4. The van der Waals surface area contributed by atoms with E-state index in [-0.39, 0.29) is 0 Å².